The Morgan fingerprint density at radius 2 is 1.00 bits per heavy atom. The average Bonchev–Trinajstić information content (AvgIpc) is 1.85. The summed E-state index contributed by atoms with van der Waals surface area (Å²) in [5, 5.41) is 0. The minimum atomic E-state index is 0.897. The summed E-state index contributed by atoms with van der Waals surface area (Å²) in [5.74, 6) is 1.79. The second-order valence-electron chi connectivity index (χ2n) is 4.43. The molecule has 0 aromatic carbocycles. The first kappa shape index (κ1) is 11.3. The van der Waals surface area contributed by atoms with Gasteiger partial charge in [0.2, 0.25) is 0 Å². The van der Waals surface area contributed by atoms with Crippen molar-refractivity contribution < 1.29 is 0 Å². The standard InChI is InChI=1S/C6H19B5/c1-5(2)7-9-11-10-8-6(3)4/h5-11H,1-4H3. The van der Waals surface area contributed by atoms with E-state index in [4.69, 9.17) is 0 Å². The van der Waals surface area contributed by atoms with Gasteiger partial charge in [0.25, 0.3) is 0 Å². The van der Waals surface area contributed by atoms with Crippen LogP contribution in [0.2, 0.25) is 11.6 Å². The van der Waals surface area contributed by atoms with E-state index in [0.717, 1.165) is 11.6 Å². The maximum Gasteiger partial charge on any atom is 0.0808 e. The maximum absolute atomic E-state index is 2.31. The fourth-order valence-corrected chi connectivity index (χ4v) is 1.28. The summed E-state index contributed by atoms with van der Waals surface area (Å²) in [5.41, 5.74) is 0. The summed E-state index contributed by atoms with van der Waals surface area (Å²) in [4.78, 5) is 0. The van der Waals surface area contributed by atoms with Gasteiger partial charge in [-0.1, -0.05) is 39.3 Å². The third kappa shape index (κ3) is 10.3. The van der Waals surface area contributed by atoms with Crippen LogP contribution in [-0.4, -0.2) is 35.5 Å². The summed E-state index contributed by atoms with van der Waals surface area (Å²) >= 11 is 0. The molecule has 0 aliphatic rings. The lowest BCUT2D eigenvalue weighted by Gasteiger charge is -2.00. The van der Waals surface area contributed by atoms with Crippen LogP contribution in [0.5, 0.6) is 0 Å². The molecular formula is C6H19B5. The van der Waals surface area contributed by atoms with Gasteiger partial charge in [0.15, 0.2) is 0 Å². The highest BCUT2D eigenvalue weighted by Crippen LogP contribution is 1.95. The third-order valence-electron chi connectivity index (χ3n) is 2.06. The summed E-state index contributed by atoms with van der Waals surface area (Å²) in [6.07, 6.45) is 0. The molecule has 5 heteroatoms. The first-order valence-electron chi connectivity index (χ1n) is 5.13. The Hall–Kier alpha value is 0.325. The molecule has 0 bridgehead atoms. The fraction of sp³-hybridized carbons (Fsp3) is 1.00. The van der Waals surface area contributed by atoms with Gasteiger partial charge in [0.1, 0.15) is 0 Å². The van der Waals surface area contributed by atoms with Crippen LogP contribution in [-0.2, 0) is 0 Å². The Morgan fingerprint density at radius 3 is 1.27 bits per heavy atom. The molecule has 0 atom stereocenters. The van der Waals surface area contributed by atoms with Gasteiger partial charge < -0.3 is 0 Å². The van der Waals surface area contributed by atoms with Crippen molar-refractivity contribution in [2.24, 2.45) is 0 Å². The highest BCUT2D eigenvalue weighted by atomic mass is 13.7. The van der Waals surface area contributed by atoms with Crippen molar-refractivity contribution in [1.82, 2.24) is 0 Å². The minimum absolute atomic E-state index is 0.897. The SMILES string of the molecule is CC(C)BBBBBC(C)C. The molecule has 0 fully saturated rings. The smallest absolute Gasteiger partial charge is 0.0796 e. The topological polar surface area (TPSA) is 0 Å². The van der Waals surface area contributed by atoms with Crippen LogP contribution in [0.4, 0.5) is 0 Å². The van der Waals surface area contributed by atoms with Gasteiger partial charge in [-0.05, 0) is 0 Å². The van der Waals surface area contributed by atoms with Crippen LogP contribution in [0.3, 0.4) is 0 Å². The largest absolute Gasteiger partial charge is 0.0808 e. The Kier molecular flexibility index (Phi) is 7.21. The molecule has 11 heavy (non-hydrogen) atoms. The van der Waals surface area contributed by atoms with Crippen LogP contribution in [0, 0.1) is 0 Å². The summed E-state index contributed by atoms with van der Waals surface area (Å²) in [7, 11) is 7.14. The predicted molar refractivity (Wildman–Crippen MR) is 65.9 cm³/mol. The second-order valence-corrected chi connectivity index (χ2v) is 4.43. The molecule has 0 amide bonds. The molecule has 0 rings (SSSR count). The highest BCUT2D eigenvalue weighted by Gasteiger charge is 2.02. The maximum atomic E-state index is 2.31. The van der Waals surface area contributed by atoms with Crippen molar-refractivity contribution in [2.45, 2.75) is 39.3 Å². The summed E-state index contributed by atoms with van der Waals surface area (Å²) < 4.78 is 0. The molecule has 0 aromatic rings. The Balaban J connectivity index is 2.91. The Labute approximate surface area is 75.4 Å². The van der Waals surface area contributed by atoms with Gasteiger partial charge in [-0.2, -0.15) is 0 Å². The van der Waals surface area contributed by atoms with Crippen LogP contribution in [0.15, 0.2) is 0 Å². The molecule has 0 aliphatic carbocycles. The molecule has 0 saturated carbocycles. The molecule has 0 heterocycles. The van der Waals surface area contributed by atoms with Crippen LogP contribution in [0.1, 0.15) is 27.7 Å². The lowest BCUT2D eigenvalue weighted by Crippen LogP contribution is -2.25. The van der Waals surface area contributed by atoms with Crippen molar-refractivity contribution in [1.29, 1.82) is 0 Å². The van der Waals surface area contributed by atoms with Gasteiger partial charge >= 0.3 is 0 Å². The van der Waals surface area contributed by atoms with Crippen LogP contribution >= 0.6 is 0 Å². The van der Waals surface area contributed by atoms with E-state index < -0.39 is 0 Å². The van der Waals surface area contributed by atoms with E-state index in [9.17, 15) is 0 Å². The van der Waals surface area contributed by atoms with Gasteiger partial charge in [0.05, 0.1) is 14.3 Å². The zero-order valence-corrected chi connectivity index (χ0v) is 8.69. The quantitative estimate of drug-likeness (QED) is 0.349. The van der Waals surface area contributed by atoms with E-state index in [1.165, 1.54) is 35.5 Å². The van der Waals surface area contributed by atoms with Crippen molar-refractivity contribution in [3.05, 3.63) is 0 Å². The average molecular weight is 145 g/mol. The first-order chi connectivity index (χ1) is 5.13. The van der Waals surface area contributed by atoms with Crippen molar-refractivity contribution in [2.75, 3.05) is 0 Å². The minimum Gasteiger partial charge on any atom is -0.0796 e. The van der Waals surface area contributed by atoms with Crippen LogP contribution in [0.25, 0.3) is 0 Å². The lowest BCUT2D eigenvalue weighted by atomic mass is 8.99. The molecule has 0 spiro atoms. The van der Waals surface area contributed by atoms with Crippen LogP contribution < -0.4 is 0 Å². The van der Waals surface area contributed by atoms with Gasteiger partial charge in [0, 0.05) is 21.2 Å². The van der Waals surface area contributed by atoms with Gasteiger partial charge in [-0.15, -0.1) is 0 Å². The summed E-state index contributed by atoms with van der Waals surface area (Å²) in [6, 6.07) is 0. The number of rotatable bonds is 6. The number of hydrogen-bond acceptors (Lipinski definition) is 0. The third-order valence-corrected chi connectivity index (χ3v) is 2.06. The number of hydrogen-bond donors (Lipinski definition) is 0. The Bertz CT molecular complexity index is 73.0. The zero-order chi connectivity index (χ0) is 8.69. The van der Waals surface area contributed by atoms with E-state index in [-0.39, 0.29) is 0 Å². The first-order valence-corrected chi connectivity index (χ1v) is 5.13. The molecule has 0 unspecified atom stereocenters. The molecular weight excluding hydrogens is 126 g/mol. The summed E-state index contributed by atoms with van der Waals surface area (Å²) in [6.45, 7) is 9.23. The van der Waals surface area contributed by atoms with Crippen molar-refractivity contribution in [3.8, 4) is 0 Å². The van der Waals surface area contributed by atoms with Crippen molar-refractivity contribution >= 4 is 35.5 Å². The van der Waals surface area contributed by atoms with E-state index in [0.29, 0.717) is 0 Å². The normalized spacial score (nSPS) is 9.64. The van der Waals surface area contributed by atoms with E-state index >= 15 is 0 Å². The van der Waals surface area contributed by atoms with Gasteiger partial charge in [-0.3, -0.25) is 0 Å². The van der Waals surface area contributed by atoms with E-state index in [1.54, 1.807) is 0 Å². The van der Waals surface area contributed by atoms with E-state index in [1.807, 2.05) is 0 Å². The molecule has 0 aromatic heterocycles. The molecule has 0 aliphatic heterocycles. The lowest BCUT2D eigenvalue weighted by molar-refractivity contribution is 1.07. The monoisotopic (exact) mass is 146 g/mol. The zero-order valence-electron chi connectivity index (χ0n) is 8.69. The molecule has 58 valence electrons. The highest BCUT2D eigenvalue weighted by molar-refractivity contribution is 7.53. The Morgan fingerprint density at radius 1 is 0.636 bits per heavy atom. The fourth-order valence-electron chi connectivity index (χ4n) is 1.28. The molecule has 0 radical (unpaired) electrons. The van der Waals surface area contributed by atoms with Gasteiger partial charge in [-0.25, -0.2) is 0 Å². The van der Waals surface area contributed by atoms with E-state index in [2.05, 4.69) is 27.7 Å². The predicted octanol–water partition coefficient (Wildman–Crippen LogP) is -0.515. The second kappa shape index (κ2) is 7.00. The molecule has 0 nitrogen and oxygen atoms in total. The molecule has 0 saturated heterocycles. The van der Waals surface area contributed by atoms with Crippen molar-refractivity contribution in [3.63, 3.8) is 0 Å². The molecule has 0 N–H and O–H groups in total.